The molecule has 1 aromatic carbocycles. The minimum absolute atomic E-state index is 0.442. The topological polar surface area (TPSA) is 68.8 Å². The predicted octanol–water partition coefficient (Wildman–Crippen LogP) is 2.04. The standard InChI is InChI=1S/C13H19N5/c1-3-8-15-13-16-12(14)18(17-13)9-11-7-5-4-6-10(11)2/h4-7H,3,8-9H2,1-2H3,(H3,14,15,16,17). The first-order chi connectivity index (χ1) is 8.70. The van der Waals surface area contributed by atoms with Crippen LogP contribution in [0.25, 0.3) is 0 Å². The summed E-state index contributed by atoms with van der Waals surface area (Å²) in [4.78, 5) is 4.19. The molecule has 0 aliphatic rings. The molecule has 0 saturated heterocycles. The number of nitrogens with one attached hydrogen (secondary N) is 1. The van der Waals surface area contributed by atoms with Crippen molar-refractivity contribution in [3.63, 3.8) is 0 Å². The number of nitrogens with zero attached hydrogens (tertiary/aromatic N) is 3. The van der Waals surface area contributed by atoms with E-state index in [1.54, 1.807) is 4.68 Å². The lowest BCUT2D eigenvalue weighted by atomic mass is 10.1. The van der Waals surface area contributed by atoms with Gasteiger partial charge in [0.15, 0.2) is 0 Å². The van der Waals surface area contributed by atoms with Crippen LogP contribution in [0.3, 0.4) is 0 Å². The number of rotatable bonds is 5. The number of nitrogen functional groups attached to an aromatic ring is 1. The van der Waals surface area contributed by atoms with Gasteiger partial charge in [-0.25, -0.2) is 4.68 Å². The molecule has 0 aliphatic heterocycles. The Balaban J connectivity index is 2.14. The molecule has 0 bridgehead atoms. The highest BCUT2D eigenvalue weighted by Crippen LogP contribution is 2.12. The van der Waals surface area contributed by atoms with E-state index >= 15 is 0 Å². The monoisotopic (exact) mass is 245 g/mol. The van der Waals surface area contributed by atoms with Crippen molar-refractivity contribution in [3.05, 3.63) is 35.4 Å². The Kier molecular flexibility index (Phi) is 3.82. The zero-order valence-corrected chi connectivity index (χ0v) is 10.8. The van der Waals surface area contributed by atoms with Gasteiger partial charge in [-0.2, -0.15) is 4.98 Å². The van der Waals surface area contributed by atoms with Crippen LogP contribution < -0.4 is 11.1 Å². The van der Waals surface area contributed by atoms with Crippen molar-refractivity contribution in [3.8, 4) is 0 Å². The molecule has 96 valence electrons. The summed E-state index contributed by atoms with van der Waals surface area (Å²) in [7, 11) is 0. The third kappa shape index (κ3) is 2.80. The van der Waals surface area contributed by atoms with Crippen molar-refractivity contribution < 1.29 is 0 Å². The van der Waals surface area contributed by atoms with E-state index in [4.69, 9.17) is 5.73 Å². The average Bonchev–Trinajstić information content (AvgIpc) is 2.70. The Bertz CT molecular complexity index is 518. The van der Waals surface area contributed by atoms with Gasteiger partial charge >= 0.3 is 0 Å². The number of nitrogens with two attached hydrogens (primary N) is 1. The lowest BCUT2D eigenvalue weighted by molar-refractivity contribution is 0.694. The van der Waals surface area contributed by atoms with E-state index in [2.05, 4.69) is 41.4 Å². The normalized spacial score (nSPS) is 10.6. The zero-order chi connectivity index (χ0) is 13.0. The lowest BCUT2D eigenvalue weighted by Gasteiger charge is -2.05. The van der Waals surface area contributed by atoms with Crippen molar-refractivity contribution in [1.29, 1.82) is 0 Å². The predicted molar refractivity (Wildman–Crippen MR) is 73.5 cm³/mol. The zero-order valence-electron chi connectivity index (χ0n) is 10.8. The third-order valence-corrected chi connectivity index (χ3v) is 2.81. The number of aromatic nitrogens is 3. The number of aryl methyl sites for hydroxylation is 1. The van der Waals surface area contributed by atoms with Gasteiger partial charge in [-0.15, -0.1) is 5.10 Å². The molecule has 0 radical (unpaired) electrons. The highest BCUT2D eigenvalue weighted by Gasteiger charge is 2.07. The maximum atomic E-state index is 5.86. The van der Waals surface area contributed by atoms with Crippen LogP contribution in [-0.4, -0.2) is 21.3 Å². The molecule has 5 heteroatoms. The number of benzene rings is 1. The van der Waals surface area contributed by atoms with Crippen molar-refractivity contribution in [1.82, 2.24) is 14.8 Å². The van der Waals surface area contributed by atoms with Gasteiger partial charge in [0, 0.05) is 6.54 Å². The molecule has 1 aromatic heterocycles. The van der Waals surface area contributed by atoms with Crippen LogP contribution in [0.4, 0.5) is 11.9 Å². The van der Waals surface area contributed by atoms with Crippen LogP contribution in [0.15, 0.2) is 24.3 Å². The quantitative estimate of drug-likeness (QED) is 0.845. The molecule has 0 unspecified atom stereocenters. The van der Waals surface area contributed by atoms with Gasteiger partial charge in [0.2, 0.25) is 11.9 Å². The van der Waals surface area contributed by atoms with Gasteiger partial charge in [-0.05, 0) is 24.5 Å². The molecule has 2 aromatic rings. The summed E-state index contributed by atoms with van der Waals surface area (Å²) in [6.07, 6.45) is 1.03. The van der Waals surface area contributed by atoms with Crippen molar-refractivity contribution >= 4 is 11.9 Å². The minimum atomic E-state index is 0.442. The van der Waals surface area contributed by atoms with Gasteiger partial charge in [-0.1, -0.05) is 31.2 Å². The van der Waals surface area contributed by atoms with Crippen LogP contribution in [0.2, 0.25) is 0 Å². The lowest BCUT2D eigenvalue weighted by Crippen LogP contribution is -2.07. The molecule has 0 fully saturated rings. The fourth-order valence-corrected chi connectivity index (χ4v) is 1.73. The number of hydrogen-bond acceptors (Lipinski definition) is 4. The summed E-state index contributed by atoms with van der Waals surface area (Å²) in [6.45, 7) is 5.69. The van der Waals surface area contributed by atoms with Gasteiger partial charge in [0.25, 0.3) is 0 Å². The molecule has 5 nitrogen and oxygen atoms in total. The third-order valence-electron chi connectivity index (χ3n) is 2.81. The minimum Gasteiger partial charge on any atom is -0.368 e. The number of hydrogen-bond donors (Lipinski definition) is 2. The van der Waals surface area contributed by atoms with Gasteiger partial charge in [-0.3, -0.25) is 0 Å². The Morgan fingerprint density at radius 2 is 2.11 bits per heavy atom. The molecular weight excluding hydrogens is 226 g/mol. The summed E-state index contributed by atoms with van der Waals surface area (Å²) in [6, 6.07) is 8.21. The maximum Gasteiger partial charge on any atom is 0.243 e. The summed E-state index contributed by atoms with van der Waals surface area (Å²) >= 11 is 0. The van der Waals surface area contributed by atoms with E-state index in [0.29, 0.717) is 18.4 Å². The molecule has 0 amide bonds. The molecular formula is C13H19N5. The molecule has 18 heavy (non-hydrogen) atoms. The SMILES string of the molecule is CCCNc1nc(N)n(Cc2ccccc2C)n1. The largest absolute Gasteiger partial charge is 0.368 e. The molecule has 0 atom stereocenters. The highest BCUT2D eigenvalue weighted by atomic mass is 15.4. The maximum absolute atomic E-state index is 5.86. The highest BCUT2D eigenvalue weighted by molar-refractivity contribution is 5.33. The van der Waals surface area contributed by atoms with E-state index in [1.807, 2.05) is 12.1 Å². The van der Waals surface area contributed by atoms with E-state index in [9.17, 15) is 0 Å². The summed E-state index contributed by atoms with van der Waals surface area (Å²) in [5.74, 6) is 1.04. The first-order valence-electron chi connectivity index (χ1n) is 6.19. The molecule has 0 spiro atoms. The Hall–Kier alpha value is -2.04. The Morgan fingerprint density at radius 1 is 1.33 bits per heavy atom. The first-order valence-corrected chi connectivity index (χ1v) is 6.19. The van der Waals surface area contributed by atoms with E-state index in [-0.39, 0.29) is 0 Å². The smallest absolute Gasteiger partial charge is 0.243 e. The fraction of sp³-hybridized carbons (Fsp3) is 0.385. The van der Waals surface area contributed by atoms with Crippen LogP contribution in [0.5, 0.6) is 0 Å². The Morgan fingerprint density at radius 3 is 2.83 bits per heavy atom. The first kappa shape index (κ1) is 12.4. The van der Waals surface area contributed by atoms with Gasteiger partial charge in [0.05, 0.1) is 6.54 Å². The van der Waals surface area contributed by atoms with Gasteiger partial charge < -0.3 is 11.1 Å². The van der Waals surface area contributed by atoms with E-state index < -0.39 is 0 Å². The van der Waals surface area contributed by atoms with Crippen molar-refractivity contribution in [2.45, 2.75) is 26.8 Å². The molecule has 0 saturated carbocycles. The van der Waals surface area contributed by atoms with Crippen molar-refractivity contribution in [2.75, 3.05) is 17.6 Å². The van der Waals surface area contributed by atoms with Crippen molar-refractivity contribution in [2.24, 2.45) is 0 Å². The van der Waals surface area contributed by atoms with Crippen LogP contribution >= 0.6 is 0 Å². The number of anilines is 2. The van der Waals surface area contributed by atoms with Crippen LogP contribution in [0.1, 0.15) is 24.5 Å². The molecule has 2 rings (SSSR count). The second-order valence-corrected chi connectivity index (χ2v) is 4.30. The summed E-state index contributed by atoms with van der Waals surface area (Å²) in [5.41, 5.74) is 8.30. The Labute approximate surface area is 107 Å². The molecule has 1 heterocycles. The average molecular weight is 245 g/mol. The fourth-order valence-electron chi connectivity index (χ4n) is 1.73. The van der Waals surface area contributed by atoms with Crippen LogP contribution in [-0.2, 0) is 6.54 Å². The second kappa shape index (κ2) is 5.53. The van der Waals surface area contributed by atoms with Gasteiger partial charge in [0.1, 0.15) is 0 Å². The summed E-state index contributed by atoms with van der Waals surface area (Å²) < 4.78 is 1.72. The summed E-state index contributed by atoms with van der Waals surface area (Å²) in [5, 5.41) is 7.49. The van der Waals surface area contributed by atoms with E-state index in [0.717, 1.165) is 13.0 Å². The second-order valence-electron chi connectivity index (χ2n) is 4.30. The van der Waals surface area contributed by atoms with E-state index in [1.165, 1.54) is 11.1 Å². The van der Waals surface area contributed by atoms with Crippen LogP contribution in [0, 0.1) is 6.92 Å². The molecule has 3 N–H and O–H groups in total. The molecule has 0 aliphatic carbocycles.